The second-order valence-corrected chi connectivity index (χ2v) is 9.53. The summed E-state index contributed by atoms with van der Waals surface area (Å²) in [7, 11) is 0. The van der Waals surface area contributed by atoms with Gasteiger partial charge in [-0.3, -0.25) is 0 Å². The van der Waals surface area contributed by atoms with E-state index < -0.39 is 5.60 Å². The second kappa shape index (κ2) is 8.66. The fraction of sp³-hybridized carbons (Fsp3) is 0.667. The van der Waals surface area contributed by atoms with Crippen molar-refractivity contribution in [1.82, 2.24) is 9.21 Å². The molecule has 0 aromatic heterocycles. The van der Waals surface area contributed by atoms with Crippen molar-refractivity contribution in [2.45, 2.75) is 63.9 Å². The molecule has 1 saturated carbocycles. The van der Waals surface area contributed by atoms with Crippen LogP contribution in [0.3, 0.4) is 0 Å². The lowest BCUT2D eigenvalue weighted by molar-refractivity contribution is 0.0115. The summed E-state index contributed by atoms with van der Waals surface area (Å²) in [4.78, 5) is 14.4. The van der Waals surface area contributed by atoms with Gasteiger partial charge in [0.2, 0.25) is 0 Å². The number of hydrogen-bond acceptors (Lipinski definition) is 4. The van der Waals surface area contributed by atoms with Gasteiger partial charge in [0.15, 0.2) is 0 Å². The number of benzene rings is 1. The first-order valence-electron chi connectivity index (χ1n) is 9.82. The Morgan fingerprint density at radius 1 is 1.19 bits per heavy atom. The highest BCUT2D eigenvalue weighted by Crippen LogP contribution is 2.35. The molecular formula is C21H32N2O2S. The normalized spacial score (nSPS) is 22.1. The third kappa shape index (κ3) is 5.65. The summed E-state index contributed by atoms with van der Waals surface area (Å²) in [5.74, 6) is 1.83. The summed E-state index contributed by atoms with van der Waals surface area (Å²) in [5, 5.41) is 0. The number of ether oxygens (including phenoxy) is 1. The molecule has 1 saturated heterocycles. The highest BCUT2D eigenvalue weighted by atomic mass is 32.2. The Morgan fingerprint density at radius 3 is 2.54 bits per heavy atom. The van der Waals surface area contributed by atoms with Crippen molar-refractivity contribution in [2.24, 2.45) is 5.92 Å². The molecule has 4 nitrogen and oxygen atoms in total. The Morgan fingerprint density at radius 2 is 1.92 bits per heavy atom. The number of nitrogens with zero attached hydrogens (tertiary/aromatic N) is 2. The van der Waals surface area contributed by atoms with Crippen LogP contribution in [0.1, 0.15) is 52.0 Å². The SMILES string of the molecule is CC(C)(C)OC(=O)N1CCN(SCc2ccccc2)C(CC2CCC2)C1. The third-order valence-electron chi connectivity index (χ3n) is 5.15. The number of piperazine rings is 1. The van der Waals surface area contributed by atoms with Crippen LogP contribution in [0.2, 0.25) is 0 Å². The predicted octanol–water partition coefficient (Wildman–Crippen LogP) is 4.95. The second-order valence-electron chi connectivity index (χ2n) is 8.51. The number of rotatable bonds is 5. The van der Waals surface area contributed by atoms with E-state index in [0.717, 1.165) is 31.3 Å². The van der Waals surface area contributed by atoms with E-state index in [1.54, 1.807) is 0 Å². The molecule has 5 heteroatoms. The fourth-order valence-corrected chi connectivity index (χ4v) is 4.62. The first kappa shape index (κ1) is 19.6. The van der Waals surface area contributed by atoms with Crippen molar-refractivity contribution < 1.29 is 9.53 Å². The largest absolute Gasteiger partial charge is 0.444 e. The van der Waals surface area contributed by atoms with Gasteiger partial charge in [0.05, 0.1) is 0 Å². The van der Waals surface area contributed by atoms with Crippen LogP contribution >= 0.6 is 11.9 Å². The molecule has 3 rings (SSSR count). The zero-order valence-electron chi connectivity index (χ0n) is 16.3. The standard InChI is InChI=1S/C21H32N2O2S/c1-21(2,3)25-20(24)22-12-13-23(19(15-22)14-17-10-7-11-17)26-16-18-8-5-4-6-9-18/h4-6,8-9,17,19H,7,10-16H2,1-3H3. The van der Waals surface area contributed by atoms with Crippen molar-refractivity contribution in [1.29, 1.82) is 0 Å². The van der Waals surface area contributed by atoms with E-state index in [1.807, 2.05) is 37.6 Å². The van der Waals surface area contributed by atoms with Gasteiger partial charge in [-0.05, 0) is 38.7 Å². The van der Waals surface area contributed by atoms with Crippen LogP contribution in [0.5, 0.6) is 0 Å². The molecule has 1 amide bonds. The predicted molar refractivity (Wildman–Crippen MR) is 108 cm³/mol. The molecule has 1 aromatic rings. The molecule has 0 spiro atoms. The van der Waals surface area contributed by atoms with E-state index in [4.69, 9.17) is 4.74 Å². The first-order valence-corrected chi connectivity index (χ1v) is 10.8. The summed E-state index contributed by atoms with van der Waals surface area (Å²) in [6, 6.07) is 11.1. The maximum absolute atomic E-state index is 12.5. The van der Waals surface area contributed by atoms with Gasteiger partial charge in [-0.15, -0.1) is 0 Å². The number of amides is 1. The highest BCUT2D eigenvalue weighted by molar-refractivity contribution is 7.96. The van der Waals surface area contributed by atoms with Gasteiger partial charge in [0, 0.05) is 31.4 Å². The van der Waals surface area contributed by atoms with Crippen LogP contribution in [-0.4, -0.2) is 46.6 Å². The Hall–Kier alpha value is -1.20. The number of carbonyl (C=O) groups excluding carboxylic acids is 1. The van der Waals surface area contributed by atoms with Crippen LogP contribution in [-0.2, 0) is 10.5 Å². The van der Waals surface area contributed by atoms with Crippen LogP contribution in [0.15, 0.2) is 30.3 Å². The molecule has 1 heterocycles. The molecule has 0 radical (unpaired) electrons. The number of carbonyl (C=O) groups is 1. The minimum Gasteiger partial charge on any atom is -0.444 e. The van der Waals surface area contributed by atoms with Crippen LogP contribution in [0.4, 0.5) is 4.79 Å². The Kier molecular flexibility index (Phi) is 6.51. The summed E-state index contributed by atoms with van der Waals surface area (Å²) in [5.41, 5.74) is 0.925. The molecule has 1 unspecified atom stereocenters. The Balaban J connectivity index is 1.59. The van der Waals surface area contributed by atoms with Gasteiger partial charge in [0.25, 0.3) is 0 Å². The average Bonchev–Trinajstić information content (AvgIpc) is 2.56. The van der Waals surface area contributed by atoms with Gasteiger partial charge < -0.3 is 9.64 Å². The van der Waals surface area contributed by atoms with E-state index in [9.17, 15) is 4.79 Å². The van der Waals surface area contributed by atoms with Crippen molar-refractivity contribution in [3.8, 4) is 0 Å². The fourth-order valence-electron chi connectivity index (χ4n) is 3.54. The minimum atomic E-state index is -0.431. The quantitative estimate of drug-likeness (QED) is 0.681. The molecule has 1 aliphatic carbocycles. The lowest BCUT2D eigenvalue weighted by Gasteiger charge is -2.43. The highest BCUT2D eigenvalue weighted by Gasteiger charge is 2.34. The van der Waals surface area contributed by atoms with Crippen molar-refractivity contribution in [3.05, 3.63) is 35.9 Å². The topological polar surface area (TPSA) is 32.8 Å². The molecule has 1 aliphatic heterocycles. The maximum atomic E-state index is 12.5. The molecule has 1 atom stereocenters. The number of hydrogen-bond donors (Lipinski definition) is 0. The van der Waals surface area contributed by atoms with E-state index in [0.29, 0.717) is 6.04 Å². The Bertz CT molecular complexity index is 583. The van der Waals surface area contributed by atoms with E-state index in [-0.39, 0.29) is 6.09 Å². The zero-order valence-corrected chi connectivity index (χ0v) is 17.1. The molecule has 26 heavy (non-hydrogen) atoms. The van der Waals surface area contributed by atoms with E-state index >= 15 is 0 Å². The lowest BCUT2D eigenvalue weighted by atomic mass is 9.80. The third-order valence-corrected chi connectivity index (χ3v) is 6.43. The van der Waals surface area contributed by atoms with Gasteiger partial charge in [-0.2, -0.15) is 0 Å². The van der Waals surface area contributed by atoms with Crippen molar-refractivity contribution in [2.75, 3.05) is 19.6 Å². The average molecular weight is 377 g/mol. The molecule has 144 valence electrons. The van der Waals surface area contributed by atoms with E-state index in [1.165, 1.54) is 31.2 Å². The van der Waals surface area contributed by atoms with Crippen LogP contribution in [0, 0.1) is 5.92 Å². The van der Waals surface area contributed by atoms with Crippen molar-refractivity contribution in [3.63, 3.8) is 0 Å². The molecule has 0 bridgehead atoms. The molecule has 0 N–H and O–H groups in total. The van der Waals surface area contributed by atoms with E-state index in [2.05, 4.69) is 34.6 Å². The minimum absolute atomic E-state index is 0.163. The summed E-state index contributed by atoms with van der Waals surface area (Å²) in [6.45, 7) is 8.24. The molecule has 2 fully saturated rings. The smallest absolute Gasteiger partial charge is 0.410 e. The van der Waals surface area contributed by atoms with Crippen LogP contribution < -0.4 is 0 Å². The summed E-state index contributed by atoms with van der Waals surface area (Å²) >= 11 is 1.92. The summed E-state index contributed by atoms with van der Waals surface area (Å²) < 4.78 is 8.12. The van der Waals surface area contributed by atoms with Gasteiger partial charge >= 0.3 is 6.09 Å². The molecular weight excluding hydrogens is 344 g/mol. The van der Waals surface area contributed by atoms with Crippen LogP contribution in [0.25, 0.3) is 0 Å². The monoisotopic (exact) mass is 376 g/mol. The van der Waals surface area contributed by atoms with Gasteiger partial charge in [-0.25, -0.2) is 9.10 Å². The maximum Gasteiger partial charge on any atom is 0.410 e. The summed E-state index contributed by atoms with van der Waals surface area (Å²) in [6.07, 6.45) is 5.09. The first-order chi connectivity index (χ1) is 12.4. The van der Waals surface area contributed by atoms with Crippen molar-refractivity contribution >= 4 is 18.0 Å². The zero-order chi connectivity index (χ0) is 18.6. The Labute approximate surface area is 162 Å². The van der Waals surface area contributed by atoms with Gasteiger partial charge in [-0.1, -0.05) is 61.5 Å². The van der Waals surface area contributed by atoms with Gasteiger partial charge in [0.1, 0.15) is 5.60 Å². The lowest BCUT2D eigenvalue weighted by Crippen LogP contribution is -2.54. The molecule has 2 aliphatic rings. The molecule has 1 aromatic carbocycles.